The van der Waals surface area contributed by atoms with Crippen LogP contribution in [-0.4, -0.2) is 47.5 Å². The molecule has 0 aromatic carbocycles. The molecule has 0 fully saturated rings. The Bertz CT molecular complexity index is 469. The summed E-state index contributed by atoms with van der Waals surface area (Å²) >= 11 is 1.34. The van der Waals surface area contributed by atoms with Crippen LogP contribution in [0.1, 0.15) is 26.0 Å². The number of thiazole rings is 1. The van der Waals surface area contributed by atoms with Crippen LogP contribution >= 0.6 is 11.3 Å². The fraction of sp³-hybridized carbons (Fsp3) is 0.583. The van der Waals surface area contributed by atoms with Gasteiger partial charge >= 0.3 is 5.97 Å². The van der Waals surface area contributed by atoms with E-state index in [0.717, 1.165) is 0 Å². The number of carbonyl (C=O) groups is 2. The fourth-order valence-electron chi connectivity index (χ4n) is 1.25. The van der Waals surface area contributed by atoms with Gasteiger partial charge in [-0.15, -0.1) is 11.3 Å². The first kappa shape index (κ1) is 15.4. The minimum Gasteiger partial charge on any atom is -0.481 e. The Morgan fingerprint density at radius 1 is 1.47 bits per heavy atom. The van der Waals surface area contributed by atoms with Gasteiger partial charge in [-0.25, -0.2) is 4.98 Å². The average Bonchev–Trinajstić information content (AvgIpc) is 2.77. The summed E-state index contributed by atoms with van der Waals surface area (Å²) in [4.78, 5) is 28.3. The Balaban J connectivity index is 2.57. The quantitative estimate of drug-likeness (QED) is 0.825. The maximum Gasteiger partial charge on any atom is 0.315 e. The SMILES string of the molecule is CN(C)C(=O)CCNc1nc(C(C)(C)C(=O)O)cs1. The molecule has 0 spiro atoms. The smallest absolute Gasteiger partial charge is 0.315 e. The van der Waals surface area contributed by atoms with E-state index in [4.69, 9.17) is 5.11 Å². The van der Waals surface area contributed by atoms with Crippen molar-refractivity contribution < 1.29 is 14.7 Å². The average molecular weight is 285 g/mol. The number of aromatic nitrogens is 1. The third-order valence-electron chi connectivity index (χ3n) is 2.79. The van der Waals surface area contributed by atoms with Gasteiger partial charge in [0, 0.05) is 32.4 Å². The number of carboxylic acids is 1. The van der Waals surface area contributed by atoms with E-state index in [1.54, 1.807) is 33.3 Å². The van der Waals surface area contributed by atoms with Crippen molar-refractivity contribution in [3.8, 4) is 0 Å². The zero-order chi connectivity index (χ0) is 14.6. The van der Waals surface area contributed by atoms with Gasteiger partial charge in [0.2, 0.25) is 5.91 Å². The number of anilines is 1. The molecule has 1 amide bonds. The molecule has 0 unspecified atom stereocenters. The number of carbonyl (C=O) groups excluding carboxylic acids is 1. The molecule has 0 saturated heterocycles. The van der Waals surface area contributed by atoms with Crippen molar-refractivity contribution in [3.05, 3.63) is 11.1 Å². The topological polar surface area (TPSA) is 82.5 Å². The normalized spacial score (nSPS) is 11.2. The molecule has 0 aliphatic heterocycles. The van der Waals surface area contributed by atoms with Crippen LogP contribution in [0.15, 0.2) is 5.38 Å². The van der Waals surface area contributed by atoms with Crippen molar-refractivity contribution in [1.29, 1.82) is 0 Å². The largest absolute Gasteiger partial charge is 0.481 e. The maximum atomic E-state index is 11.4. The highest BCUT2D eigenvalue weighted by atomic mass is 32.1. The van der Waals surface area contributed by atoms with Gasteiger partial charge in [0.25, 0.3) is 0 Å². The number of rotatable bonds is 6. The molecule has 2 N–H and O–H groups in total. The molecule has 0 bridgehead atoms. The number of amides is 1. The third-order valence-corrected chi connectivity index (χ3v) is 3.59. The predicted octanol–water partition coefficient (Wildman–Crippen LogP) is 1.40. The van der Waals surface area contributed by atoms with Crippen LogP contribution < -0.4 is 5.32 Å². The van der Waals surface area contributed by atoms with Crippen molar-refractivity contribution in [2.45, 2.75) is 25.7 Å². The summed E-state index contributed by atoms with van der Waals surface area (Å²) in [5.41, 5.74) is -0.484. The molecular weight excluding hydrogens is 266 g/mol. The first-order valence-corrected chi connectivity index (χ1v) is 6.76. The first-order valence-electron chi connectivity index (χ1n) is 5.88. The van der Waals surface area contributed by atoms with Gasteiger partial charge in [-0.05, 0) is 13.8 Å². The van der Waals surface area contributed by atoms with Crippen LogP contribution in [-0.2, 0) is 15.0 Å². The number of nitrogens with one attached hydrogen (secondary N) is 1. The Hall–Kier alpha value is -1.63. The Morgan fingerprint density at radius 3 is 2.63 bits per heavy atom. The number of aliphatic carboxylic acids is 1. The molecule has 0 radical (unpaired) electrons. The van der Waals surface area contributed by atoms with E-state index in [2.05, 4.69) is 10.3 Å². The van der Waals surface area contributed by atoms with Gasteiger partial charge in [0.05, 0.1) is 5.69 Å². The van der Waals surface area contributed by atoms with Crippen LogP contribution in [0, 0.1) is 0 Å². The summed E-state index contributed by atoms with van der Waals surface area (Å²) in [5, 5.41) is 14.5. The van der Waals surface area contributed by atoms with Crippen LogP contribution in [0.5, 0.6) is 0 Å². The molecule has 6 nitrogen and oxygen atoms in total. The molecule has 1 heterocycles. The first-order chi connectivity index (χ1) is 8.75. The highest BCUT2D eigenvalue weighted by molar-refractivity contribution is 7.13. The van der Waals surface area contributed by atoms with Crippen LogP contribution in [0.2, 0.25) is 0 Å². The molecule has 0 saturated carbocycles. The number of nitrogens with zero attached hydrogens (tertiary/aromatic N) is 2. The van der Waals surface area contributed by atoms with Crippen LogP contribution in [0.3, 0.4) is 0 Å². The van der Waals surface area contributed by atoms with Crippen molar-refractivity contribution in [2.75, 3.05) is 26.0 Å². The highest BCUT2D eigenvalue weighted by Crippen LogP contribution is 2.27. The summed E-state index contributed by atoms with van der Waals surface area (Å²) in [7, 11) is 3.42. The predicted molar refractivity (Wildman–Crippen MR) is 74.6 cm³/mol. The van der Waals surface area contributed by atoms with E-state index in [9.17, 15) is 9.59 Å². The van der Waals surface area contributed by atoms with Crippen molar-refractivity contribution in [2.24, 2.45) is 0 Å². The molecule has 19 heavy (non-hydrogen) atoms. The standard InChI is InChI=1S/C12H19N3O3S/c1-12(2,10(17)18)8-7-19-11(14-8)13-6-5-9(16)15(3)4/h7H,5-6H2,1-4H3,(H,13,14)(H,17,18). The number of hydrogen-bond acceptors (Lipinski definition) is 5. The van der Waals surface area contributed by atoms with Crippen molar-refractivity contribution in [3.63, 3.8) is 0 Å². The summed E-state index contributed by atoms with van der Waals surface area (Å²) in [6, 6.07) is 0. The second-order valence-corrected chi connectivity index (χ2v) is 5.79. The zero-order valence-electron chi connectivity index (χ0n) is 11.6. The van der Waals surface area contributed by atoms with Crippen LogP contribution in [0.4, 0.5) is 5.13 Å². The molecule has 7 heteroatoms. The number of carboxylic acid groups (broad SMARTS) is 1. The number of hydrogen-bond donors (Lipinski definition) is 2. The monoisotopic (exact) mass is 285 g/mol. The van der Waals surface area contributed by atoms with E-state index in [0.29, 0.717) is 23.8 Å². The highest BCUT2D eigenvalue weighted by Gasteiger charge is 2.32. The van der Waals surface area contributed by atoms with Gasteiger partial charge in [-0.3, -0.25) is 9.59 Å². The molecule has 0 aliphatic carbocycles. The summed E-state index contributed by atoms with van der Waals surface area (Å²) in [6.45, 7) is 3.71. The van der Waals surface area contributed by atoms with Crippen LogP contribution in [0.25, 0.3) is 0 Å². The summed E-state index contributed by atoms with van der Waals surface area (Å²) in [5.74, 6) is -0.873. The Kier molecular flexibility index (Phi) is 4.88. The minimum atomic E-state index is -1.00. The molecule has 0 atom stereocenters. The second kappa shape index (κ2) is 6.01. The maximum absolute atomic E-state index is 11.4. The molecule has 0 aliphatic rings. The lowest BCUT2D eigenvalue weighted by Gasteiger charge is -2.15. The van der Waals surface area contributed by atoms with E-state index >= 15 is 0 Å². The van der Waals surface area contributed by atoms with Gasteiger partial charge in [-0.1, -0.05) is 0 Å². The second-order valence-electron chi connectivity index (χ2n) is 4.93. The van der Waals surface area contributed by atoms with E-state index in [-0.39, 0.29) is 5.91 Å². The third kappa shape index (κ3) is 3.92. The van der Waals surface area contributed by atoms with Gasteiger partial charge < -0.3 is 15.3 Å². The lowest BCUT2D eigenvalue weighted by molar-refractivity contribution is -0.142. The lowest BCUT2D eigenvalue weighted by Crippen LogP contribution is -2.28. The van der Waals surface area contributed by atoms with Gasteiger partial charge in [0.1, 0.15) is 5.41 Å². The van der Waals surface area contributed by atoms with Crippen molar-refractivity contribution in [1.82, 2.24) is 9.88 Å². The minimum absolute atomic E-state index is 0.0372. The van der Waals surface area contributed by atoms with Gasteiger partial charge in [0.15, 0.2) is 5.13 Å². The molecule has 1 aromatic heterocycles. The fourth-order valence-corrected chi connectivity index (χ4v) is 2.16. The van der Waals surface area contributed by atoms with E-state index in [1.807, 2.05) is 0 Å². The summed E-state index contributed by atoms with van der Waals surface area (Å²) in [6.07, 6.45) is 0.379. The lowest BCUT2D eigenvalue weighted by atomic mass is 9.90. The van der Waals surface area contributed by atoms with E-state index in [1.165, 1.54) is 16.2 Å². The van der Waals surface area contributed by atoms with Crippen molar-refractivity contribution >= 4 is 28.3 Å². The molecule has 1 aromatic rings. The zero-order valence-corrected chi connectivity index (χ0v) is 12.4. The van der Waals surface area contributed by atoms with Gasteiger partial charge in [-0.2, -0.15) is 0 Å². The Labute approximate surface area is 116 Å². The molecule has 1 rings (SSSR count). The summed E-state index contributed by atoms with van der Waals surface area (Å²) < 4.78 is 0. The molecular formula is C12H19N3O3S. The molecule has 106 valence electrons. The Morgan fingerprint density at radius 2 is 2.11 bits per heavy atom. The van der Waals surface area contributed by atoms with E-state index < -0.39 is 11.4 Å².